The van der Waals surface area contributed by atoms with E-state index in [-0.39, 0.29) is 16.5 Å². The second kappa shape index (κ2) is 5.01. The molecule has 100 valence electrons. The minimum atomic E-state index is -4.53. The SMILES string of the molecule is Nc1ccccc1Oc1ccc(Cl)c(C(F)(F)F)c1. The maximum Gasteiger partial charge on any atom is 0.417 e. The number of hydrogen-bond donors (Lipinski definition) is 1. The van der Waals surface area contributed by atoms with Gasteiger partial charge in [-0.3, -0.25) is 0 Å². The molecular formula is C13H9ClF3NO. The van der Waals surface area contributed by atoms with Crippen molar-refractivity contribution in [2.24, 2.45) is 0 Å². The minimum absolute atomic E-state index is 0.0228. The Hall–Kier alpha value is -1.88. The summed E-state index contributed by atoms with van der Waals surface area (Å²) < 4.78 is 43.4. The summed E-state index contributed by atoms with van der Waals surface area (Å²) >= 11 is 5.51. The third-order valence-corrected chi connectivity index (χ3v) is 2.72. The van der Waals surface area contributed by atoms with Crippen molar-refractivity contribution in [3.63, 3.8) is 0 Å². The van der Waals surface area contributed by atoms with E-state index < -0.39 is 11.7 Å². The fourth-order valence-electron chi connectivity index (χ4n) is 1.49. The number of rotatable bonds is 2. The van der Waals surface area contributed by atoms with Crippen LogP contribution in [0.3, 0.4) is 0 Å². The van der Waals surface area contributed by atoms with Crippen molar-refractivity contribution in [2.45, 2.75) is 6.18 Å². The quantitative estimate of drug-likeness (QED) is 0.810. The van der Waals surface area contributed by atoms with E-state index in [1.54, 1.807) is 24.3 Å². The highest BCUT2D eigenvalue weighted by atomic mass is 35.5. The third-order valence-electron chi connectivity index (χ3n) is 2.39. The van der Waals surface area contributed by atoms with E-state index in [4.69, 9.17) is 22.1 Å². The van der Waals surface area contributed by atoms with Crippen molar-refractivity contribution in [3.8, 4) is 11.5 Å². The Morgan fingerprint density at radius 3 is 2.37 bits per heavy atom. The van der Waals surface area contributed by atoms with Crippen LogP contribution in [0.15, 0.2) is 42.5 Å². The molecule has 2 aromatic rings. The molecule has 2 N–H and O–H groups in total. The van der Waals surface area contributed by atoms with Crippen LogP contribution in [-0.4, -0.2) is 0 Å². The van der Waals surface area contributed by atoms with Gasteiger partial charge in [0.05, 0.1) is 16.3 Å². The van der Waals surface area contributed by atoms with Crippen LogP contribution >= 0.6 is 11.6 Å². The van der Waals surface area contributed by atoms with Gasteiger partial charge in [-0.1, -0.05) is 23.7 Å². The lowest BCUT2D eigenvalue weighted by atomic mass is 10.2. The number of para-hydroxylation sites is 2. The molecule has 0 saturated heterocycles. The first-order valence-corrected chi connectivity index (χ1v) is 5.65. The Balaban J connectivity index is 2.35. The largest absolute Gasteiger partial charge is 0.455 e. The maximum absolute atomic E-state index is 12.7. The van der Waals surface area contributed by atoms with E-state index >= 15 is 0 Å². The highest BCUT2D eigenvalue weighted by Gasteiger charge is 2.33. The third kappa shape index (κ3) is 3.12. The summed E-state index contributed by atoms with van der Waals surface area (Å²) in [6, 6.07) is 9.86. The summed E-state index contributed by atoms with van der Waals surface area (Å²) in [6.07, 6.45) is -4.53. The van der Waals surface area contributed by atoms with Gasteiger partial charge in [0.1, 0.15) is 11.5 Å². The van der Waals surface area contributed by atoms with Crippen molar-refractivity contribution < 1.29 is 17.9 Å². The van der Waals surface area contributed by atoms with Gasteiger partial charge in [0.15, 0.2) is 0 Å². The number of alkyl halides is 3. The van der Waals surface area contributed by atoms with Gasteiger partial charge in [-0.05, 0) is 30.3 Å². The summed E-state index contributed by atoms with van der Waals surface area (Å²) in [4.78, 5) is 0. The lowest BCUT2D eigenvalue weighted by molar-refractivity contribution is -0.137. The normalized spacial score (nSPS) is 11.4. The molecule has 0 bridgehead atoms. The lowest BCUT2D eigenvalue weighted by Gasteiger charge is -2.12. The molecule has 0 atom stereocenters. The lowest BCUT2D eigenvalue weighted by Crippen LogP contribution is -2.06. The number of nitrogens with two attached hydrogens (primary N) is 1. The molecule has 0 saturated carbocycles. The molecule has 0 aliphatic heterocycles. The standard InChI is InChI=1S/C13H9ClF3NO/c14-10-6-5-8(7-9(10)13(15,16)17)19-12-4-2-1-3-11(12)18/h1-7H,18H2. The van der Waals surface area contributed by atoms with E-state index in [9.17, 15) is 13.2 Å². The van der Waals surface area contributed by atoms with Crippen LogP contribution in [0.2, 0.25) is 5.02 Å². The Labute approximate surface area is 112 Å². The van der Waals surface area contributed by atoms with Gasteiger partial charge < -0.3 is 10.5 Å². The predicted molar refractivity (Wildman–Crippen MR) is 67.4 cm³/mol. The van der Waals surface area contributed by atoms with Crippen LogP contribution in [0.1, 0.15) is 5.56 Å². The van der Waals surface area contributed by atoms with E-state index in [0.717, 1.165) is 12.1 Å². The van der Waals surface area contributed by atoms with Gasteiger partial charge in [-0.25, -0.2) is 0 Å². The molecule has 0 spiro atoms. The smallest absolute Gasteiger partial charge is 0.417 e. The predicted octanol–water partition coefficient (Wildman–Crippen LogP) is 4.73. The number of hydrogen-bond acceptors (Lipinski definition) is 2. The van der Waals surface area contributed by atoms with Gasteiger partial charge in [0, 0.05) is 0 Å². The molecule has 2 rings (SSSR count). The molecule has 0 aliphatic rings. The fourth-order valence-corrected chi connectivity index (χ4v) is 1.71. The van der Waals surface area contributed by atoms with Crippen LogP contribution in [0, 0.1) is 0 Å². The van der Waals surface area contributed by atoms with Crippen molar-refractivity contribution in [1.82, 2.24) is 0 Å². The topological polar surface area (TPSA) is 35.2 Å². The number of nitrogen functional groups attached to an aromatic ring is 1. The first-order chi connectivity index (χ1) is 8.88. The van der Waals surface area contributed by atoms with Crippen LogP contribution in [0.25, 0.3) is 0 Å². The molecule has 19 heavy (non-hydrogen) atoms. The molecule has 6 heteroatoms. The summed E-state index contributed by atoms with van der Waals surface area (Å²) in [5.74, 6) is 0.313. The molecule has 2 nitrogen and oxygen atoms in total. The molecule has 0 aromatic heterocycles. The van der Waals surface area contributed by atoms with Crippen molar-refractivity contribution in [1.29, 1.82) is 0 Å². The Morgan fingerprint density at radius 1 is 1.05 bits per heavy atom. The molecule has 0 unspecified atom stereocenters. The van der Waals surface area contributed by atoms with Gasteiger partial charge in [-0.15, -0.1) is 0 Å². The molecule has 0 radical (unpaired) electrons. The van der Waals surface area contributed by atoms with E-state index in [1.165, 1.54) is 6.07 Å². The summed E-state index contributed by atoms with van der Waals surface area (Å²) in [5.41, 5.74) is 5.04. The molecule has 0 fully saturated rings. The molecular weight excluding hydrogens is 279 g/mol. The van der Waals surface area contributed by atoms with E-state index in [0.29, 0.717) is 5.69 Å². The highest BCUT2D eigenvalue weighted by molar-refractivity contribution is 6.31. The van der Waals surface area contributed by atoms with E-state index in [1.807, 2.05) is 0 Å². The second-order valence-electron chi connectivity index (χ2n) is 3.78. The van der Waals surface area contributed by atoms with Gasteiger partial charge in [0.25, 0.3) is 0 Å². The summed E-state index contributed by atoms with van der Waals surface area (Å²) in [5, 5.41) is -0.374. The average molecular weight is 288 g/mol. The van der Waals surface area contributed by atoms with E-state index in [2.05, 4.69) is 0 Å². The Bertz CT molecular complexity index is 599. The van der Waals surface area contributed by atoms with Crippen LogP contribution in [0.5, 0.6) is 11.5 Å². The number of halogens is 4. The number of benzene rings is 2. The first-order valence-electron chi connectivity index (χ1n) is 5.27. The second-order valence-corrected chi connectivity index (χ2v) is 4.19. The maximum atomic E-state index is 12.7. The van der Waals surface area contributed by atoms with Crippen LogP contribution < -0.4 is 10.5 Å². The van der Waals surface area contributed by atoms with Crippen molar-refractivity contribution in [3.05, 3.63) is 53.1 Å². The average Bonchev–Trinajstić information content (AvgIpc) is 2.33. The highest BCUT2D eigenvalue weighted by Crippen LogP contribution is 2.38. The Kier molecular flexibility index (Phi) is 3.57. The monoisotopic (exact) mass is 287 g/mol. The molecule has 0 aliphatic carbocycles. The first kappa shape index (κ1) is 13.5. The summed E-state index contributed by atoms with van der Waals surface area (Å²) in [6.45, 7) is 0. The number of anilines is 1. The summed E-state index contributed by atoms with van der Waals surface area (Å²) in [7, 11) is 0. The fraction of sp³-hybridized carbons (Fsp3) is 0.0769. The number of ether oxygens (including phenoxy) is 1. The van der Waals surface area contributed by atoms with Gasteiger partial charge in [0.2, 0.25) is 0 Å². The molecule has 2 aromatic carbocycles. The zero-order chi connectivity index (χ0) is 14.0. The van der Waals surface area contributed by atoms with Gasteiger partial charge in [-0.2, -0.15) is 13.2 Å². The Morgan fingerprint density at radius 2 is 1.74 bits per heavy atom. The van der Waals surface area contributed by atoms with Crippen LogP contribution in [-0.2, 0) is 6.18 Å². The minimum Gasteiger partial charge on any atom is -0.455 e. The van der Waals surface area contributed by atoms with Crippen LogP contribution in [0.4, 0.5) is 18.9 Å². The van der Waals surface area contributed by atoms with Crippen molar-refractivity contribution in [2.75, 3.05) is 5.73 Å². The van der Waals surface area contributed by atoms with Crippen molar-refractivity contribution >= 4 is 17.3 Å². The zero-order valence-corrected chi connectivity index (χ0v) is 10.3. The van der Waals surface area contributed by atoms with Gasteiger partial charge >= 0.3 is 6.18 Å². The molecule has 0 heterocycles. The zero-order valence-electron chi connectivity index (χ0n) is 9.54. The molecule has 0 amide bonds.